The highest BCUT2D eigenvalue weighted by Crippen LogP contribution is 2.23. The van der Waals surface area contributed by atoms with Crippen LogP contribution in [-0.2, 0) is 9.47 Å². The van der Waals surface area contributed by atoms with Crippen molar-refractivity contribution in [3.05, 3.63) is 23.8 Å². The average molecular weight is 499 g/mol. The highest BCUT2D eigenvalue weighted by Gasteiger charge is 2.16. The Labute approximate surface area is 213 Å². The molecule has 0 atom stereocenters. The zero-order valence-electron chi connectivity index (χ0n) is 23.9. The molecule has 0 aliphatic carbocycles. The highest BCUT2D eigenvalue weighted by atomic mass is 16.6. The van der Waals surface area contributed by atoms with Crippen molar-refractivity contribution in [2.45, 2.75) is 100 Å². The Morgan fingerprint density at radius 1 is 0.686 bits per heavy atom. The van der Waals surface area contributed by atoms with Gasteiger partial charge in [0.2, 0.25) is 0 Å². The van der Waals surface area contributed by atoms with Gasteiger partial charge in [0.15, 0.2) is 0 Å². The van der Waals surface area contributed by atoms with E-state index in [-0.39, 0.29) is 0 Å². The van der Waals surface area contributed by atoms with Crippen molar-refractivity contribution in [2.75, 3.05) is 26.3 Å². The number of ether oxygens (including phenoxy) is 4. The molecule has 0 radical (unpaired) electrons. The minimum absolute atomic E-state index is 0.431. The van der Waals surface area contributed by atoms with Crippen LogP contribution in [0.2, 0.25) is 0 Å². The van der Waals surface area contributed by atoms with Gasteiger partial charge in [0.05, 0.1) is 13.2 Å². The van der Waals surface area contributed by atoms with Gasteiger partial charge in [0.25, 0.3) is 0 Å². The lowest BCUT2D eigenvalue weighted by molar-refractivity contribution is 0.0514. The maximum absolute atomic E-state index is 11.6. The van der Waals surface area contributed by atoms with E-state index in [1.807, 2.05) is 94.4 Å². The normalized spacial score (nSPS) is 10.5. The first-order chi connectivity index (χ1) is 16.3. The van der Waals surface area contributed by atoms with Crippen molar-refractivity contribution in [3.63, 3.8) is 0 Å². The minimum Gasteiger partial charge on any atom is -0.493 e. The van der Waals surface area contributed by atoms with Crippen LogP contribution in [0, 0.1) is 6.92 Å². The molecule has 1 aromatic rings. The summed E-state index contributed by atoms with van der Waals surface area (Å²) in [4.78, 5) is 23.2. The van der Waals surface area contributed by atoms with Gasteiger partial charge in [-0.1, -0.05) is 27.7 Å². The molecule has 1 aromatic carbocycles. The molecular weight excluding hydrogens is 448 g/mol. The van der Waals surface area contributed by atoms with Crippen LogP contribution in [0.4, 0.5) is 9.59 Å². The Morgan fingerprint density at radius 3 is 1.34 bits per heavy atom. The van der Waals surface area contributed by atoms with Crippen LogP contribution < -0.4 is 20.1 Å². The van der Waals surface area contributed by atoms with Crippen LogP contribution in [0.25, 0.3) is 0 Å². The number of carbonyl (C=O) groups excluding carboxylic acids is 2. The van der Waals surface area contributed by atoms with Crippen molar-refractivity contribution >= 4 is 12.2 Å². The van der Waals surface area contributed by atoms with E-state index in [2.05, 4.69) is 10.6 Å². The van der Waals surface area contributed by atoms with Crippen LogP contribution in [0.3, 0.4) is 0 Å². The molecule has 0 bridgehead atoms. The number of hydrogen-bond donors (Lipinski definition) is 2. The summed E-state index contributed by atoms with van der Waals surface area (Å²) in [6, 6.07) is 5.69. The van der Waals surface area contributed by atoms with Gasteiger partial charge in [-0.05, 0) is 79.0 Å². The third kappa shape index (κ3) is 21.6. The second-order valence-corrected chi connectivity index (χ2v) is 9.24. The minimum atomic E-state index is -0.510. The Bertz CT molecular complexity index is 652. The van der Waals surface area contributed by atoms with Gasteiger partial charge in [-0.15, -0.1) is 0 Å². The molecule has 35 heavy (non-hydrogen) atoms. The number of benzene rings is 1. The van der Waals surface area contributed by atoms with Gasteiger partial charge in [-0.3, -0.25) is 0 Å². The second kappa shape index (κ2) is 18.7. The summed E-state index contributed by atoms with van der Waals surface area (Å²) >= 11 is 0. The number of rotatable bonds is 10. The Morgan fingerprint density at radius 2 is 1.03 bits per heavy atom. The first-order valence-corrected chi connectivity index (χ1v) is 12.6. The highest BCUT2D eigenvalue weighted by molar-refractivity contribution is 5.67. The van der Waals surface area contributed by atoms with Gasteiger partial charge >= 0.3 is 12.2 Å². The summed E-state index contributed by atoms with van der Waals surface area (Å²) in [5, 5.41) is 5.41. The number of carbonyl (C=O) groups is 2. The van der Waals surface area contributed by atoms with E-state index in [9.17, 15) is 9.59 Å². The number of alkyl carbamates (subject to hydrolysis) is 2. The van der Waals surface area contributed by atoms with E-state index in [0.717, 1.165) is 5.56 Å². The number of aryl methyl sites for hydroxylation is 1. The zero-order valence-corrected chi connectivity index (χ0v) is 23.9. The molecule has 8 heteroatoms. The molecule has 0 unspecified atom stereocenters. The number of amides is 2. The molecule has 204 valence electrons. The van der Waals surface area contributed by atoms with Crippen LogP contribution in [0.5, 0.6) is 11.5 Å². The van der Waals surface area contributed by atoms with Gasteiger partial charge in [-0.2, -0.15) is 0 Å². The lowest BCUT2D eigenvalue weighted by atomic mass is 10.2. The lowest BCUT2D eigenvalue weighted by Gasteiger charge is -2.19. The zero-order chi connectivity index (χ0) is 27.5. The lowest BCUT2D eigenvalue weighted by Crippen LogP contribution is -2.33. The number of hydrogen-bond acceptors (Lipinski definition) is 6. The van der Waals surface area contributed by atoms with Crippen molar-refractivity contribution in [1.82, 2.24) is 10.6 Å². The van der Waals surface area contributed by atoms with E-state index in [4.69, 9.17) is 18.9 Å². The van der Waals surface area contributed by atoms with Crippen molar-refractivity contribution < 1.29 is 28.5 Å². The molecule has 0 saturated carbocycles. The van der Waals surface area contributed by atoms with E-state index in [0.29, 0.717) is 50.6 Å². The van der Waals surface area contributed by atoms with Crippen LogP contribution in [0.15, 0.2) is 18.2 Å². The van der Waals surface area contributed by atoms with Gasteiger partial charge < -0.3 is 29.6 Å². The van der Waals surface area contributed by atoms with Crippen molar-refractivity contribution in [1.29, 1.82) is 0 Å². The molecule has 0 heterocycles. The average Bonchev–Trinajstić information content (AvgIpc) is 2.73. The molecule has 1 rings (SSSR count). The maximum atomic E-state index is 11.6. The van der Waals surface area contributed by atoms with Crippen LogP contribution >= 0.6 is 0 Å². The molecule has 2 amide bonds. The third-order valence-corrected chi connectivity index (χ3v) is 3.54. The summed E-state index contributed by atoms with van der Waals surface area (Å²) in [7, 11) is 0. The fraction of sp³-hybridized carbons (Fsp3) is 0.704. The molecule has 2 N–H and O–H groups in total. The molecule has 8 nitrogen and oxygen atoms in total. The summed E-state index contributed by atoms with van der Waals surface area (Å²) in [6.07, 6.45) is 0.444. The molecule has 0 aromatic heterocycles. The van der Waals surface area contributed by atoms with E-state index < -0.39 is 23.4 Å². The Hall–Kier alpha value is -2.64. The molecule has 0 aliphatic heterocycles. The predicted octanol–water partition coefficient (Wildman–Crippen LogP) is 6.63. The summed E-state index contributed by atoms with van der Waals surface area (Å²) in [5.41, 5.74) is 0.000528. The fourth-order valence-corrected chi connectivity index (χ4v) is 2.41. The van der Waals surface area contributed by atoms with E-state index in [1.165, 1.54) is 0 Å². The molecular formula is C27H50N2O6. The maximum Gasteiger partial charge on any atom is 0.407 e. The van der Waals surface area contributed by atoms with Gasteiger partial charge in [0.1, 0.15) is 22.7 Å². The standard InChI is InChI=1S/C23H38N2O6.2C2H6/c1-17-14-18(28-12-8-10-24-20(26)30-22(2,3)4)16-19(15-17)29-13-9-11-25-21(27)31-23(5,6)7;2*1-2/h14-16H,8-13H2,1-7H3,(H,24,26)(H,25,27);2*1-2H3. The van der Waals surface area contributed by atoms with Crippen molar-refractivity contribution in [2.24, 2.45) is 0 Å². The van der Waals surface area contributed by atoms with Crippen molar-refractivity contribution in [3.8, 4) is 11.5 Å². The predicted molar refractivity (Wildman–Crippen MR) is 143 cm³/mol. The SMILES string of the molecule is CC.CC.Cc1cc(OCCCNC(=O)OC(C)(C)C)cc(OCCCNC(=O)OC(C)(C)C)c1. The summed E-state index contributed by atoms with van der Waals surface area (Å²) in [6.45, 7) is 22.8. The van der Waals surface area contributed by atoms with Crippen LogP contribution in [0.1, 0.15) is 87.6 Å². The van der Waals surface area contributed by atoms with Gasteiger partial charge in [0, 0.05) is 19.2 Å². The smallest absolute Gasteiger partial charge is 0.407 e. The summed E-state index contributed by atoms with van der Waals surface area (Å²) in [5.74, 6) is 1.42. The monoisotopic (exact) mass is 498 g/mol. The molecule has 0 fully saturated rings. The molecule has 0 spiro atoms. The first kappa shape index (κ1) is 34.5. The molecule has 0 aliphatic rings. The van der Waals surface area contributed by atoms with Gasteiger partial charge in [-0.25, -0.2) is 9.59 Å². The Balaban J connectivity index is 0. The largest absolute Gasteiger partial charge is 0.493 e. The first-order valence-electron chi connectivity index (χ1n) is 12.6. The summed E-state index contributed by atoms with van der Waals surface area (Å²) < 4.78 is 21.9. The van der Waals surface area contributed by atoms with Crippen LogP contribution in [-0.4, -0.2) is 49.7 Å². The van der Waals surface area contributed by atoms with E-state index >= 15 is 0 Å². The van der Waals surface area contributed by atoms with E-state index in [1.54, 1.807) is 0 Å². The number of nitrogens with one attached hydrogen (secondary N) is 2. The second-order valence-electron chi connectivity index (χ2n) is 9.24. The fourth-order valence-electron chi connectivity index (χ4n) is 2.41. The molecule has 0 saturated heterocycles. The topological polar surface area (TPSA) is 95.1 Å². The quantitative estimate of drug-likeness (QED) is 0.351. The Kier molecular flexibility index (Phi) is 18.4. The third-order valence-electron chi connectivity index (χ3n) is 3.54.